The van der Waals surface area contributed by atoms with Gasteiger partial charge in [0.15, 0.2) is 0 Å². The first-order valence-electron chi connectivity index (χ1n) is 8.18. The fourth-order valence-electron chi connectivity index (χ4n) is 2.62. The first-order valence-corrected chi connectivity index (χ1v) is 9.55. The molecule has 0 fully saturated rings. The number of aryl methyl sites for hydroxylation is 2. The Labute approximate surface area is 161 Å². The number of amides is 1. The highest BCUT2D eigenvalue weighted by Crippen LogP contribution is 2.28. The predicted octanol–water partition coefficient (Wildman–Crippen LogP) is 3.91. The minimum absolute atomic E-state index is 0.0774. The molecule has 26 heavy (non-hydrogen) atoms. The van der Waals surface area contributed by atoms with E-state index in [-0.39, 0.29) is 17.2 Å². The van der Waals surface area contributed by atoms with Gasteiger partial charge < -0.3 is 9.88 Å². The van der Waals surface area contributed by atoms with Crippen LogP contribution in [-0.2, 0) is 18.4 Å². The SMILES string of the molecule is Cc1ccc(CNC(=O)CSc2cc(=O)n(C)c3ccc(Cl)cc23)cc1. The van der Waals surface area contributed by atoms with Crippen LogP contribution in [0.2, 0.25) is 5.02 Å². The van der Waals surface area contributed by atoms with E-state index in [2.05, 4.69) is 5.32 Å². The summed E-state index contributed by atoms with van der Waals surface area (Å²) in [6.07, 6.45) is 0. The molecule has 0 saturated heterocycles. The molecule has 3 aromatic rings. The molecule has 0 unspecified atom stereocenters. The molecule has 0 aliphatic rings. The number of fused-ring (bicyclic) bond motifs is 1. The van der Waals surface area contributed by atoms with Gasteiger partial charge >= 0.3 is 0 Å². The number of nitrogens with zero attached hydrogens (tertiary/aromatic N) is 1. The lowest BCUT2D eigenvalue weighted by Crippen LogP contribution is -2.24. The zero-order valence-corrected chi connectivity index (χ0v) is 16.2. The Balaban J connectivity index is 1.70. The van der Waals surface area contributed by atoms with Gasteiger partial charge in [-0.3, -0.25) is 9.59 Å². The fourth-order valence-corrected chi connectivity index (χ4v) is 3.69. The van der Waals surface area contributed by atoms with Gasteiger partial charge in [-0.2, -0.15) is 0 Å². The lowest BCUT2D eigenvalue weighted by atomic mass is 10.1. The third-order valence-electron chi connectivity index (χ3n) is 4.14. The Hall–Kier alpha value is -2.24. The Bertz CT molecular complexity index is 1010. The number of benzene rings is 2. The highest BCUT2D eigenvalue weighted by Gasteiger charge is 2.10. The fraction of sp³-hybridized carbons (Fsp3) is 0.200. The quantitative estimate of drug-likeness (QED) is 0.676. The maximum absolute atomic E-state index is 12.2. The Morgan fingerprint density at radius 3 is 2.62 bits per heavy atom. The minimum atomic E-state index is -0.109. The molecule has 134 valence electrons. The van der Waals surface area contributed by atoms with E-state index >= 15 is 0 Å². The summed E-state index contributed by atoms with van der Waals surface area (Å²) < 4.78 is 1.58. The molecular formula is C20H19ClN2O2S. The number of rotatable bonds is 5. The number of carbonyl (C=O) groups excluding carboxylic acids is 1. The van der Waals surface area contributed by atoms with Crippen LogP contribution in [0.5, 0.6) is 0 Å². The van der Waals surface area contributed by atoms with Gasteiger partial charge in [-0.25, -0.2) is 0 Å². The summed E-state index contributed by atoms with van der Waals surface area (Å²) in [6, 6.07) is 15.0. The van der Waals surface area contributed by atoms with Crippen molar-refractivity contribution in [2.45, 2.75) is 18.4 Å². The van der Waals surface area contributed by atoms with E-state index in [1.54, 1.807) is 23.7 Å². The topological polar surface area (TPSA) is 51.1 Å². The maximum atomic E-state index is 12.2. The standard InChI is InChI=1S/C20H19ClN2O2S/c1-13-3-5-14(6-4-13)11-22-19(24)12-26-18-10-20(25)23(2)17-8-7-15(21)9-16(17)18/h3-10H,11-12H2,1-2H3,(H,22,24). The van der Waals surface area contributed by atoms with Crippen molar-refractivity contribution in [2.24, 2.45) is 7.05 Å². The minimum Gasteiger partial charge on any atom is -0.351 e. The molecule has 1 heterocycles. The second kappa shape index (κ2) is 7.98. The summed E-state index contributed by atoms with van der Waals surface area (Å²) in [4.78, 5) is 25.1. The Morgan fingerprint density at radius 1 is 1.15 bits per heavy atom. The van der Waals surface area contributed by atoms with Gasteiger partial charge in [0, 0.05) is 35.0 Å². The molecule has 0 radical (unpaired) electrons. The zero-order chi connectivity index (χ0) is 18.7. The maximum Gasteiger partial charge on any atom is 0.251 e. The largest absolute Gasteiger partial charge is 0.351 e. The predicted molar refractivity (Wildman–Crippen MR) is 108 cm³/mol. The van der Waals surface area contributed by atoms with Gasteiger partial charge in [0.25, 0.3) is 5.56 Å². The summed E-state index contributed by atoms with van der Waals surface area (Å²) >= 11 is 7.44. The molecule has 6 heteroatoms. The number of pyridine rings is 1. The van der Waals surface area contributed by atoms with Gasteiger partial charge in [0.1, 0.15) is 0 Å². The van der Waals surface area contributed by atoms with Crippen molar-refractivity contribution in [1.29, 1.82) is 0 Å². The van der Waals surface area contributed by atoms with Crippen LogP contribution < -0.4 is 10.9 Å². The van der Waals surface area contributed by atoms with Gasteiger partial charge in [-0.15, -0.1) is 11.8 Å². The van der Waals surface area contributed by atoms with Crippen LogP contribution in [0, 0.1) is 6.92 Å². The van der Waals surface area contributed by atoms with Crippen molar-refractivity contribution < 1.29 is 4.79 Å². The monoisotopic (exact) mass is 386 g/mol. The van der Waals surface area contributed by atoms with Crippen LogP contribution in [0.25, 0.3) is 10.9 Å². The van der Waals surface area contributed by atoms with Crippen molar-refractivity contribution in [3.05, 3.63) is 75.0 Å². The summed E-state index contributed by atoms with van der Waals surface area (Å²) in [5.74, 6) is 0.159. The van der Waals surface area contributed by atoms with Crippen LogP contribution in [0.15, 0.2) is 58.2 Å². The average Bonchev–Trinajstić information content (AvgIpc) is 2.63. The van der Waals surface area contributed by atoms with E-state index < -0.39 is 0 Å². The average molecular weight is 387 g/mol. The summed E-state index contributed by atoms with van der Waals surface area (Å²) in [6.45, 7) is 2.52. The molecule has 0 aliphatic carbocycles. The van der Waals surface area contributed by atoms with Crippen LogP contribution in [0.4, 0.5) is 0 Å². The molecule has 1 N–H and O–H groups in total. The van der Waals surface area contributed by atoms with Crippen molar-refractivity contribution in [2.75, 3.05) is 5.75 Å². The molecule has 4 nitrogen and oxygen atoms in total. The number of thioether (sulfide) groups is 1. The molecule has 2 aromatic carbocycles. The van der Waals surface area contributed by atoms with Crippen molar-refractivity contribution >= 4 is 40.2 Å². The van der Waals surface area contributed by atoms with E-state index in [0.29, 0.717) is 11.6 Å². The van der Waals surface area contributed by atoms with Crippen LogP contribution in [0.1, 0.15) is 11.1 Å². The molecular weight excluding hydrogens is 368 g/mol. The first kappa shape index (κ1) is 18.5. The smallest absolute Gasteiger partial charge is 0.251 e. The molecule has 0 bridgehead atoms. The number of aromatic nitrogens is 1. The number of carbonyl (C=O) groups is 1. The molecule has 0 aliphatic heterocycles. The molecule has 1 aromatic heterocycles. The number of hydrogen-bond acceptors (Lipinski definition) is 3. The van der Waals surface area contributed by atoms with Crippen LogP contribution in [-0.4, -0.2) is 16.2 Å². The number of nitrogens with one attached hydrogen (secondary N) is 1. The number of hydrogen-bond donors (Lipinski definition) is 1. The second-order valence-corrected chi connectivity index (χ2v) is 7.57. The highest BCUT2D eigenvalue weighted by atomic mass is 35.5. The van der Waals surface area contributed by atoms with Gasteiger partial charge in [0.2, 0.25) is 5.91 Å². The van der Waals surface area contributed by atoms with Crippen molar-refractivity contribution in [1.82, 2.24) is 9.88 Å². The third-order valence-corrected chi connectivity index (χ3v) is 5.43. The van der Waals surface area contributed by atoms with E-state index in [1.807, 2.05) is 43.3 Å². The van der Waals surface area contributed by atoms with E-state index in [0.717, 1.165) is 21.4 Å². The molecule has 1 amide bonds. The van der Waals surface area contributed by atoms with Crippen molar-refractivity contribution in [3.8, 4) is 0 Å². The van der Waals surface area contributed by atoms with Crippen LogP contribution in [0.3, 0.4) is 0 Å². The number of halogens is 1. The van der Waals surface area contributed by atoms with E-state index in [1.165, 1.54) is 17.3 Å². The third kappa shape index (κ3) is 4.29. The summed E-state index contributed by atoms with van der Waals surface area (Å²) in [5, 5.41) is 4.38. The van der Waals surface area contributed by atoms with E-state index in [9.17, 15) is 9.59 Å². The second-order valence-electron chi connectivity index (χ2n) is 6.12. The summed E-state index contributed by atoms with van der Waals surface area (Å²) in [7, 11) is 1.72. The zero-order valence-electron chi connectivity index (χ0n) is 14.6. The summed E-state index contributed by atoms with van der Waals surface area (Å²) in [5.41, 5.74) is 2.93. The lowest BCUT2D eigenvalue weighted by Gasteiger charge is -2.10. The first-order chi connectivity index (χ1) is 12.4. The molecule has 3 rings (SSSR count). The van der Waals surface area contributed by atoms with Gasteiger partial charge in [0.05, 0.1) is 11.3 Å². The van der Waals surface area contributed by atoms with Crippen LogP contribution >= 0.6 is 23.4 Å². The molecule has 0 atom stereocenters. The Morgan fingerprint density at radius 2 is 1.88 bits per heavy atom. The van der Waals surface area contributed by atoms with E-state index in [4.69, 9.17) is 11.6 Å². The Kier molecular flexibility index (Phi) is 5.69. The van der Waals surface area contributed by atoms with Crippen molar-refractivity contribution in [3.63, 3.8) is 0 Å². The highest BCUT2D eigenvalue weighted by molar-refractivity contribution is 8.00. The lowest BCUT2D eigenvalue weighted by molar-refractivity contribution is -0.118. The van der Waals surface area contributed by atoms with Gasteiger partial charge in [-0.05, 0) is 30.7 Å². The molecule has 0 spiro atoms. The molecule has 0 saturated carbocycles. The normalized spacial score (nSPS) is 10.9. The van der Waals surface area contributed by atoms with Gasteiger partial charge in [-0.1, -0.05) is 41.4 Å².